The lowest BCUT2D eigenvalue weighted by molar-refractivity contribution is -0.122. The molecular formula is C26H31N3O2. The molecule has 0 spiro atoms. The van der Waals surface area contributed by atoms with Gasteiger partial charge in [-0.15, -0.1) is 0 Å². The minimum absolute atomic E-state index is 0.0784. The van der Waals surface area contributed by atoms with E-state index in [9.17, 15) is 4.79 Å². The van der Waals surface area contributed by atoms with E-state index in [1.54, 1.807) is 0 Å². The molecule has 1 aliphatic rings. The van der Waals surface area contributed by atoms with Crippen LogP contribution in [-0.2, 0) is 11.2 Å². The van der Waals surface area contributed by atoms with Crippen LogP contribution in [-0.4, -0.2) is 41.5 Å². The third-order valence-electron chi connectivity index (χ3n) is 5.81. The van der Waals surface area contributed by atoms with Crippen LogP contribution in [0.2, 0.25) is 0 Å². The Morgan fingerprint density at radius 2 is 1.68 bits per heavy atom. The number of oxazole rings is 1. The Morgan fingerprint density at radius 3 is 2.32 bits per heavy atom. The number of piperidine rings is 1. The maximum Gasteiger partial charge on any atom is 0.220 e. The van der Waals surface area contributed by atoms with Gasteiger partial charge in [-0.1, -0.05) is 67.6 Å². The lowest BCUT2D eigenvalue weighted by atomic mass is 10.0. The van der Waals surface area contributed by atoms with Crippen LogP contribution in [0.3, 0.4) is 0 Å². The number of nitrogens with zero attached hydrogens (tertiary/aromatic N) is 2. The second kappa shape index (κ2) is 10.4. The molecule has 0 bridgehead atoms. The molecule has 0 radical (unpaired) electrons. The first-order chi connectivity index (χ1) is 15.2. The standard InChI is InChI=1S/C26H31N3O2/c1-2-17-29-18-15-22(16-19-29)27-23(30)13-14-24-28-25(20-9-5-3-6-10-20)26(31-24)21-11-7-4-8-12-21/h3-12,22H,2,13-19H2,1H3,(H,27,30). The van der Waals surface area contributed by atoms with E-state index in [1.165, 1.54) is 6.42 Å². The van der Waals surface area contributed by atoms with Gasteiger partial charge in [-0.2, -0.15) is 0 Å². The van der Waals surface area contributed by atoms with Gasteiger partial charge in [0.1, 0.15) is 5.69 Å². The fourth-order valence-electron chi connectivity index (χ4n) is 4.19. The molecule has 2 aromatic carbocycles. The third kappa shape index (κ3) is 5.61. The monoisotopic (exact) mass is 417 g/mol. The largest absolute Gasteiger partial charge is 0.440 e. The van der Waals surface area contributed by atoms with Gasteiger partial charge in [0.2, 0.25) is 5.91 Å². The van der Waals surface area contributed by atoms with Crippen LogP contribution in [0.1, 0.15) is 38.5 Å². The maximum atomic E-state index is 12.5. The minimum Gasteiger partial charge on any atom is -0.440 e. The molecule has 0 saturated carbocycles. The Bertz CT molecular complexity index is 904. The minimum atomic E-state index is 0.0784. The van der Waals surface area contributed by atoms with Gasteiger partial charge in [-0.05, 0) is 25.8 Å². The molecule has 0 aliphatic carbocycles. The van der Waals surface area contributed by atoms with Crippen molar-refractivity contribution < 1.29 is 9.21 Å². The summed E-state index contributed by atoms with van der Waals surface area (Å²) in [6.45, 7) is 5.50. The Morgan fingerprint density at radius 1 is 1.03 bits per heavy atom. The van der Waals surface area contributed by atoms with Crippen LogP contribution in [0.15, 0.2) is 65.1 Å². The number of benzene rings is 2. The number of rotatable bonds is 8. The van der Waals surface area contributed by atoms with Crippen molar-refractivity contribution in [1.29, 1.82) is 0 Å². The van der Waals surface area contributed by atoms with Crippen LogP contribution in [0.25, 0.3) is 22.6 Å². The topological polar surface area (TPSA) is 58.4 Å². The summed E-state index contributed by atoms with van der Waals surface area (Å²) in [4.78, 5) is 19.8. The van der Waals surface area contributed by atoms with Crippen molar-refractivity contribution in [3.63, 3.8) is 0 Å². The Labute approximate surface area is 184 Å². The van der Waals surface area contributed by atoms with Gasteiger partial charge in [0, 0.05) is 43.1 Å². The van der Waals surface area contributed by atoms with Crippen LogP contribution < -0.4 is 5.32 Å². The molecular weight excluding hydrogens is 386 g/mol. The van der Waals surface area contributed by atoms with E-state index in [-0.39, 0.29) is 11.9 Å². The number of carbonyl (C=O) groups is 1. The van der Waals surface area contributed by atoms with Gasteiger partial charge in [-0.25, -0.2) is 4.98 Å². The lowest BCUT2D eigenvalue weighted by Crippen LogP contribution is -2.44. The highest BCUT2D eigenvalue weighted by Crippen LogP contribution is 2.32. The summed E-state index contributed by atoms with van der Waals surface area (Å²) in [6, 6.07) is 20.3. The molecule has 0 unspecified atom stereocenters. The van der Waals surface area contributed by atoms with Crippen molar-refractivity contribution in [3.8, 4) is 22.6 Å². The van der Waals surface area contributed by atoms with Gasteiger partial charge in [0.15, 0.2) is 11.7 Å². The van der Waals surface area contributed by atoms with Crippen LogP contribution >= 0.6 is 0 Å². The highest BCUT2D eigenvalue weighted by Gasteiger charge is 2.21. The zero-order chi connectivity index (χ0) is 21.5. The fraction of sp³-hybridized carbons (Fsp3) is 0.385. The van der Waals surface area contributed by atoms with Gasteiger partial charge < -0.3 is 14.6 Å². The fourth-order valence-corrected chi connectivity index (χ4v) is 4.19. The average molecular weight is 418 g/mol. The van der Waals surface area contributed by atoms with Crippen LogP contribution in [0, 0.1) is 0 Å². The van der Waals surface area contributed by atoms with E-state index in [2.05, 4.69) is 17.1 Å². The summed E-state index contributed by atoms with van der Waals surface area (Å²) in [5.74, 6) is 1.44. The number of hydrogen-bond acceptors (Lipinski definition) is 4. The quantitative estimate of drug-likeness (QED) is 0.564. The molecule has 0 atom stereocenters. The summed E-state index contributed by atoms with van der Waals surface area (Å²) in [6.07, 6.45) is 4.12. The first kappa shape index (κ1) is 21.3. The van der Waals surface area contributed by atoms with Crippen molar-refractivity contribution in [1.82, 2.24) is 15.2 Å². The number of nitrogens with one attached hydrogen (secondary N) is 1. The molecule has 5 nitrogen and oxygen atoms in total. The number of hydrogen-bond donors (Lipinski definition) is 1. The van der Waals surface area contributed by atoms with Gasteiger partial charge in [0.05, 0.1) is 0 Å². The number of carbonyl (C=O) groups excluding carboxylic acids is 1. The Hall–Kier alpha value is -2.92. The molecule has 1 N–H and O–H groups in total. The molecule has 162 valence electrons. The predicted octanol–water partition coefficient (Wildman–Crippen LogP) is 4.93. The van der Waals surface area contributed by atoms with Crippen molar-refractivity contribution >= 4 is 5.91 Å². The molecule has 4 rings (SSSR count). The summed E-state index contributed by atoms with van der Waals surface area (Å²) in [5.41, 5.74) is 2.83. The first-order valence-corrected chi connectivity index (χ1v) is 11.3. The zero-order valence-electron chi connectivity index (χ0n) is 18.2. The van der Waals surface area contributed by atoms with Crippen molar-refractivity contribution in [2.45, 2.75) is 45.1 Å². The summed E-state index contributed by atoms with van der Waals surface area (Å²) >= 11 is 0. The average Bonchev–Trinajstić information content (AvgIpc) is 3.25. The normalized spacial score (nSPS) is 15.1. The molecule has 1 saturated heterocycles. The van der Waals surface area contributed by atoms with E-state index in [0.29, 0.717) is 18.7 Å². The summed E-state index contributed by atoms with van der Waals surface area (Å²) in [5, 5.41) is 3.20. The van der Waals surface area contributed by atoms with E-state index in [0.717, 1.165) is 55.1 Å². The number of likely N-dealkylation sites (tertiary alicyclic amines) is 1. The highest BCUT2D eigenvalue weighted by atomic mass is 16.4. The molecule has 1 fully saturated rings. The Balaban J connectivity index is 1.40. The van der Waals surface area contributed by atoms with Crippen molar-refractivity contribution in [3.05, 3.63) is 66.6 Å². The number of aryl methyl sites for hydroxylation is 1. The smallest absolute Gasteiger partial charge is 0.220 e. The van der Waals surface area contributed by atoms with Gasteiger partial charge in [0.25, 0.3) is 0 Å². The Kier molecular flexibility index (Phi) is 7.15. The van der Waals surface area contributed by atoms with Crippen LogP contribution in [0.5, 0.6) is 0 Å². The van der Waals surface area contributed by atoms with E-state index in [4.69, 9.17) is 9.40 Å². The van der Waals surface area contributed by atoms with Gasteiger partial charge >= 0.3 is 0 Å². The highest BCUT2D eigenvalue weighted by molar-refractivity contribution is 5.78. The molecule has 1 aliphatic heterocycles. The molecule has 3 aromatic rings. The molecule has 5 heteroatoms. The summed E-state index contributed by atoms with van der Waals surface area (Å²) in [7, 11) is 0. The van der Waals surface area contributed by atoms with Crippen LogP contribution in [0.4, 0.5) is 0 Å². The van der Waals surface area contributed by atoms with E-state index >= 15 is 0 Å². The number of aromatic nitrogens is 1. The lowest BCUT2D eigenvalue weighted by Gasteiger charge is -2.32. The number of amides is 1. The molecule has 1 amide bonds. The summed E-state index contributed by atoms with van der Waals surface area (Å²) < 4.78 is 6.14. The van der Waals surface area contributed by atoms with E-state index < -0.39 is 0 Å². The third-order valence-corrected chi connectivity index (χ3v) is 5.81. The second-order valence-electron chi connectivity index (χ2n) is 8.20. The second-order valence-corrected chi connectivity index (χ2v) is 8.20. The molecule has 31 heavy (non-hydrogen) atoms. The maximum absolute atomic E-state index is 12.5. The SMILES string of the molecule is CCCN1CCC(NC(=O)CCc2nc(-c3ccccc3)c(-c3ccccc3)o2)CC1. The van der Waals surface area contributed by atoms with E-state index in [1.807, 2.05) is 60.7 Å². The van der Waals surface area contributed by atoms with Crippen molar-refractivity contribution in [2.24, 2.45) is 0 Å². The zero-order valence-corrected chi connectivity index (χ0v) is 18.2. The first-order valence-electron chi connectivity index (χ1n) is 11.3. The molecule has 1 aromatic heterocycles. The predicted molar refractivity (Wildman–Crippen MR) is 124 cm³/mol. The van der Waals surface area contributed by atoms with Crippen molar-refractivity contribution in [2.75, 3.05) is 19.6 Å². The van der Waals surface area contributed by atoms with Gasteiger partial charge in [-0.3, -0.25) is 4.79 Å². The molecule has 2 heterocycles.